The van der Waals surface area contributed by atoms with Gasteiger partial charge in [0.2, 0.25) is 0 Å². The van der Waals surface area contributed by atoms with Gasteiger partial charge < -0.3 is 10.1 Å². The van der Waals surface area contributed by atoms with Crippen LogP contribution < -0.4 is 0 Å². The van der Waals surface area contributed by atoms with Crippen LogP contribution in [-0.4, -0.2) is 15.1 Å². The number of H-pyrrole nitrogens is 1. The summed E-state index contributed by atoms with van der Waals surface area (Å²) >= 11 is 6.65. The van der Waals surface area contributed by atoms with Crippen LogP contribution in [0.5, 0.6) is 0 Å². The van der Waals surface area contributed by atoms with Crippen molar-refractivity contribution >= 4 is 31.9 Å². The van der Waals surface area contributed by atoms with Crippen molar-refractivity contribution in [3.63, 3.8) is 0 Å². The number of rotatable bonds is 2. The highest BCUT2D eigenvalue weighted by molar-refractivity contribution is 9.10. The molecule has 15 heavy (non-hydrogen) atoms. The van der Waals surface area contributed by atoms with Crippen LogP contribution in [0.2, 0.25) is 0 Å². The number of hydrogen-bond acceptors (Lipinski definition) is 2. The summed E-state index contributed by atoms with van der Waals surface area (Å²) in [6.45, 7) is -0.0515. The molecule has 0 fully saturated rings. The van der Waals surface area contributed by atoms with E-state index in [2.05, 4.69) is 41.8 Å². The van der Waals surface area contributed by atoms with Gasteiger partial charge in [0.1, 0.15) is 10.4 Å². The standard InChI is InChI=1S/C10H8Br2N2O/c11-7-3-1-6(2-4-7)10-13-8(5-15)9(12)14-10/h1-4,15H,5H2,(H,13,14). The first-order chi connectivity index (χ1) is 7.20. The number of aliphatic hydroxyl groups excluding tert-OH is 1. The van der Waals surface area contributed by atoms with Crippen LogP contribution in [0.25, 0.3) is 11.4 Å². The molecule has 5 heteroatoms. The van der Waals surface area contributed by atoms with E-state index >= 15 is 0 Å². The van der Waals surface area contributed by atoms with Crippen LogP contribution in [0.3, 0.4) is 0 Å². The molecule has 0 unspecified atom stereocenters. The maximum atomic E-state index is 9.01. The van der Waals surface area contributed by atoms with Crippen molar-refractivity contribution in [2.45, 2.75) is 6.61 Å². The van der Waals surface area contributed by atoms with Crippen molar-refractivity contribution in [1.29, 1.82) is 0 Å². The highest BCUT2D eigenvalue weighted by atomic mass is 79.9. The predicted octanol–water partition coefficient (Wildman–Crippen LogP) is 3.09. The molecule has 1 heterocycles. The summed E-state index contributed by atoms with van der Waals surface area (Å²) in [5.74, 6) is 0.749. The number of hydrogen-bond donors (Lipinski definition) is 2. The van der Waals surface area contributed by atoms with Crippen LogP contribution in [0.1, 0.15) is 5.69 Å². The van der Waals surface area contributed by atoms with Crippen LogP contribution in [0, 0.1) is 0 Å². The summed E-state index contributed by atoms with van der Waals surface area (Å²) in [5.41, 5.74) is 1.67. The summed E-state index contributed by atoms with van der Waals surface area (Å²) in [4.78, 5) is 7.31. The molecule has 1 aromatic heterocycles. The second-order valence-electron chi connectivity index (χ2n) is 3.02. The molecule has 0 saturated carbocycles. The molecule has 2 N–H and O–H groups in total. The highest BCUT2D eigenvalue weighted by Gasteiger charge is 2.07. The Morgan fingerprint density at radius 2 is 1.87 bits per heavy atom. The molecule has 0 aliphatic rings. The number of benzene rings is 1. The zero-order chi connectivity index (χ0) is 10.8. The number of halogens is 2. The van der Waals surface area contributed by atoms with Gasteiger partial charge in [-0.2, -0.15) is 0 Å². The van der Waals surface area contributed by atoms with Gasteiger partial charge in [0, 0.05) is 10.0 Å². The molecule has 2 aromatic rings. The van der Waals surface area contributed by atoms with Crippen molar-refractivity contribution in [2.75, 3.05) is 0 Å². The Balaban J connectivity index is 2.41. The first kappa shape index (κ1) is 10.9. The Bertz CT molecular complexity index is 465. The Labute approximate surface area is 104 Å². The topological polar surface area (TPSA) is 48.9 Å². The predicted molar refractivity (Wildman–Crippen MR) is 65.3 cm³/mol. The molecular formula is C10H8Br2N2O. The Morgan fingerprint density at radius 1 is 1.20 bits per heavy atom. The normalized spacial score (nSPS) is 10.6. The molecule has 2 rings (SSSR count). The van der Waals surface area contributed by atoms with Gasteiger partial charge in [-0.05, 0) is 28.1 Å². The first-order valence-electron chi connectivity index (χ1n) is 4.32. The smallest absolute Gasteiger partial charge is 0.138 e. The molecule has 0 spiro atoms. The lowest BCUT2D eigenvalue weighted by Crippen LogP contribution is -1.83. The maximum absolute atomic E-state index is 9.01. The molecular weight excluding hydrogens is 324 g/mol. The summed E-state index contributed by atoms with van der Waals surface area (Å²) in [6.07, 6.45) is 0. The molecule has 1 aromatic carbocycles. The Kier molecular flexibility index (Phi) is 3.23. The van der Waals surface area contributed by atoms with Crippen LogP contribution in [0.4, 0.5) is 0 Å². The van der Waals surface area contributed by atoms with E-state index in [0.717, 1.165) is 15.9 Å². The molecule has 0 bridgehead atoms. The number of imidazole rings is 1. The average molecular weight is 332 g/mol. The minimum atomic E-state index is -0.0515. The van der Waals surface area contributed by atoms with Gasteiger partial charge in [0.25, 0.3) is 0 Å². The molecule has 0 aliphatic heterocycles. The van der Waals surface area contributed by atoms with Crippen LogP contribution in [0.15, 0.2) is 33.3 Å². The molecule has 0 saturated heterocycles. The maximum Gasteiger partial charge on any atom is 0.138 e. The largest absolute Gasteiger partial charge is 0.390 e. The van der Waals surface area contributed by atoms with Gasteiger partial charge >= 0.3 is 0 Å². The van der Waals surface area contributed by atoms with Crippen molar-refractivity contribution < 1.29 is 5.11 Å². The van der Waals surface area contributed by atoms with Gasteiger partial charge in [-0.15, -0.1) is 0 Å². The monoisotopic (exact) mass is 330 g/mol. The summed E-state index contributed by atoms with van der Waals surface area (Å²) in [5, 5.41) is 9.01. The van der Waals surface area contributed by atoms with Crippen molar-refractivity contribution in [2.24, 2.45) is 0 Å². The van der Waals surface area contributed by atoms with Crippen molar-refractivity contribution in [3.8, 4) is 11.4 Å². The van der Waals surface area contributed by atoms with E-state index in [1.54, 1.807) is 0 Å². The fraction of sp³-hybridized carbons (Fsp3) is 0.100. The first-order valence-corrected chi connectivity index (χ1v) is 5.90. The van der Waals surface area contributed by atoms with Gasteiger partial charge in [0.15, 0.2) is 0 Å². The lowest BCUT2D eigenvalue weighted by molar-refractivity contribution is 0.276. The van der Waals surface area contributed by atoms with Crippen molar-refractivity contribution in [1.82, 2.24) is 9.97 Å². The molecule has 0 amide bonds. The average Bonchev–Trinajstić information content (AvgIpc) is 2.61. The van der Waals surface area contributed by atoms with E-state index in [9.17, 15) is 0 Å². The second kappa shape index (κ2) is 4.47. The van der Waals surface area contributed by atoms with E-state index in [1.807, 2.05) is 24.3 Å². The number of aliphatic hydroxyl groups is 1. The van der Waals surface area contributed by atoms with E-state index in [4.69, 9.17) is 5.11 Å². The third kappa shape index (κ3) is 2.30. The van der Waals surface area contributed by atoms with Gasteiger partial charge in [-0.25, -0.2) is 4.98 Å². The molecule has 0 atom stereocenters. The molecule has 78 valence electrons. The van der Waals surface area contributed by atoms with Crippen molar-refractivity contribution in [3.05, 3.63) is 39.0 Å². The van der Waals surface area contributed by atoms with Crippen LogP contribution >= 0.6 is 31.9 Å². The molecule has 0 aliphatic carbocycles. The Hall–Kier alpha value is -0.650. The highest BCUT2D eigenvalue weighted by Crippen LogP contribution is 2.23. The number of aromatic amines is 1. The van der Waals surface area contributed by atoms with E-state index < -0.39 is 0 Å². The SMILES string of the molecule is OCc1[nH]c(-c2ccc(Br)cc2)nc1Br. The summed E-state index contributed by atoms with van der Waals surface area (Å²) in [6, 6.07) is 7.81. The lowest BCUT2D eigenvalue weighted by atomic mass is 10.2. The second-order valence-corrected chi connectivity index (χ2v) is 4.69. The van der Waals surface area contributed by atoms with Gasteiger partial charge in [-0.3, -0.25) is 0 Å². The third-order valence-electron chi connectivity index (χ3n) is 2.00. The number of aromatic nitrogens is 2. The number of nitrogens with zero attached hydrogens (tertiary/aromatic N) is 1. The summed E-state index contributed by atoms with van der Waals surface area (Å²) < 4.78 is 1.68. The Morgan fingerprint density at radius 3 is 2.40 bits per heavy atom. The third-order valence-corrected chi connectivity index (χ3v) is 3.19. The van der Waals surface area contributed by atoms with Gasteiger partial charge in [0.05, 0.1) is 12.3 Å². The van der Waals surface area contributed by atoms with E-state index in [-0.39, 0.29) is 6.61 Å². The molecule has 3 nitrogen and oxygen atoms in total. The zero-order valence-corrected chi connectivity index (χ0v) is 10.8. The van der Waals surface area contributed by atoms with E-state index in [1.165, 1.54) is 0 Å². The fourth-order valence-corrected chi connectivity index (χ4v) is 1.90. The fourth-order valence-electron chi connectivity index (χ4n) is 1.24. The van der Waals surface area contributed by atoms with Crippen LogP contribution in [-0.2, 0) is 6.61 Å². The number of nitrogens with one attached hydrogen (secondary N) is 1. The minimum absolute atomic E-state index is 0.0515. The van der Waals surface area contributed by atoms with E-state index in [0.29, 0.717) is 10.3 Å². The van der Waals surface area contributed by atoms with Gasteiger partial charge in [-0.1, -0.05) is 28.1 Å². The quantitative estimate of drug-likeness (QED) is 0.888. The molecule has 0 radical (unpaired) electrons. The zero-order valence-electron chi connectivity index (χ0n) is 7.67. The lowest BCUT2D eigenvalue weighted by Gasteiger charge is -1.96. The summed E-state index contributed by atoms with van der Waals surface area (Å²) in [7, 11) is 0. The minimum Gasteiger partial charge on any atom is -0.390 e.